The zero-order valence-electron chi connectivity index (χ0n) is 11.3. The molecule has 2 aromatic rings. The smallest absolute Gasteiger partial charge is 0.274 e. The maximum absolute atomic E-state index is 12.1. The van der Waals surface area contributed by atoms with E-state index in [9.17, 15) is 4.79 Å². The molecule has 0 radical (unpaired) electrons. The van der Waals surface area contributed by atoms with Gasteiger partial charge in [-0.1, -0.05) is 13.0 Å². The van der Waals surface area contributed by atoms with E-state index in [4.69, 9.17) is 0 Å². The Bertz CT molecular complexity index is 578. The van der Waals surface area contributed by atoms with Crippen LogP contribution in [0.5, 0.6) is 0 Å². The minimum atomic E-state index is -0.233. The molecule has 100 valence electrons. The van der Waals surface area contributed by atoms with Crippen LogP contribution in [0, 0.1) is 13.8 Å². The molecule has 0 aliphatic rings. The predicted molar refractivity (Wildman–Crippen MR) is 70.6 cm³/mol. The largest absolute Gasteiger partial charge is 0.342 e. The number of aromatic amines is 1. The van der Waals surface area contributed by atoms with Crippen molar-refractivity contribution in [1.29, 1.82) is 0 Å². The van der Waals surface area contributed by atoms with Crippen LogP contribution in [0.25, 0.3) is 0 Å². The fourth-order valence-electron chi connectivity index (χ4n) is 1.95. The summed E-state index contributed by atoms with van der Waals surface area (Å²) in [5.74, 6) is -0.233. The zero-order chi connectivity index (χ0) is 13.8. The van der Waals surface area contributed by atoms with Crippen molar-refractivity contribution in [2.24, 2.45) is 0 Å². The average Bonchev–Trinajstić information content (AvgIpc) is 2.83. The van der Waals surface area contributed by atoms with Crippen molar-refractivity contribution in [1.82, 2.24) is 25.7 Å². The van der Waals surface area contributed by atoms with Crippen LogP contribution in [0.15, 0.2) is 18.3 Å². The van der Waals surface area contributed by atoms with E-state index in [0.29, 0.717) is 11.4 Å². The molecule has 19 heavy (non-hydrogen) atoms. The van der Waals surface area contributed by atoms with Gasteiger partial charge < -0.3 is 5.32 Å². The van der Waals surface area contributed by atoms with E-state index in [2.05, 4.69) is 25.7 Å². The molecule has 0 unspecified atom stereocenters. The minimum Gasteiger partial charge on any atom is -0.342 e. The maximum atomic E-state index is 12.1. The number of rotatable bonds is 4. The van der Waals surface area contributed by atoms with Gasteiger partial charge in [0.15, 0.2) is 5.69 Å². The summed E-state index contributed by atoms with van der Waals surface area (Å²) < 4.78 is 0. The SMILES string of the molecule is CC[C@H](NC(=O)c1n[nH]nc1C)c1ncccc1C. The quantitative estimate of drug-likeness (QED) is 0.875. The third kappa shape index (κ3) is 2.78. The lowest BCUT2D eigenvalue weighted by Gasteiger charge is -2.17. The summed E-state index contributed by atoms with van der Waals surface area (Å²) in [5.41, 5.74) is 2.86. The molecule has 6 heteroatoms. The van der Waals surface area contributed by atoms with Gasteiger partial charge in [0, 0.05) is 6.20 Å². The second kappa shape index (κ2) is 5.60. The van der Waals surface area contributed by atoms with Crippen LogP contribution in [0.1, 0.15) is 46.8 Å². The molecule has 0 saturated carbocycles. The molecule has 1 atom stereocenters. The van der Waals surface area contributed by atoms with Crippen LogP contribution < -0.4 is 5.32 Å². The first-order chi connectivity index (χ1) is 9.13. The van der Waals surface area contributed by atoms with Crippen LogP contribution >= 0.6 is 0 Å². The molecule has 2 rings (SSSR count). The van der Waals surface area contributed by atoms with Crippen molar-refractivity contribution in [3.63, 3.8) is 0 Å². The van der Waals surface area contributed by atoms with E-state index in [0.717, 1.165) is 17.7 Å². The van der Waals surface area contributed by atoms with Crippen LogP contribution in [-0.2, 0) is 0 Å². The number of hydrogen-bond acceptors (Lipinski definition) is 4. The van der Waals surface area contributed by atoms with E-state index >= 15 is 0 Å². The Kier molecular flexibility index (Phi) is 3.89. The Labute approximate surface area is 111 Å². The Morgan fingerprint density at radius 2 is 2.21 bits per heavy atom. The molecule has 0 aliphatic carbocycles. The summed E-state index contributed by atoms with van der Waals surface area (Å²) in [5, 5.41) is 13.1. The predicted octanol–water partition coefficient (Wildman–Crippen LogP) is 1.70. The summed E-state index contributed by atoms with van der Waals surface area (Å²) >= 11 is 0. The van der Waals surface area contributed by atoms with Crippen molar-refractivity contribution < 1.29 is 4.79 Å². The van der Waals surface area contributed by atoms with Crippen LogP contribution in [0.3, 0.4) is 0 Å². The molecule has 0 aliphatic heterocycles. The number of pyridine rings is 1. The highest BCUT2D eigenvalue weighted by atomic mass is 16.2. The lowest BCUT2D eigenvalue weighted by atomic mass is 10.1. The highest BCUT2D eigenvalue weighted by Crippen LogP contribution is 2.18. The summed E-state index contributed by atoms with van der Waals surface area (Å²) in [6.45, 7) is 5.73. The fourth-order valence-corrected chi connectivity index (χ4v) is 1.95. The van der Waals surface area contributed by atoms with Gasteiger partial charge >= 0.3 is 0 Å². The van der Waals surface area contributed by atoms with Crippen LogP contribution in [0.2, 0.25) is 0 Å². The molecule has 0 spiro atoms. The van der Waals surface area contributed by atoms with Crippen molar-refractivity contribution in [3.8, 4) is 0 Å². The van der Waals surface area contributed by atoms with E-state index in [-0.39, 0.29) is 11.9 Å². The van der Waals surface area contributed by atoms with Crippen LogP contribution in [-0.4, -0.2) is 26.3 Å². The molecule has 2 aromatic heterocycles. The first kappa shape index (κ1) is 13.2. The van der Waals surface area contributed by atoms with Gasteiger partial charge in [0.1, 0.15) is 0 Å². The second-order valence-corrected chi connectivity index (χ2v) is 4.40. The first-order valence-corrected chi connectivity index (χ1v) is 6.23. The van der Waals surface area contributed by atoms with Gasteiger partial charge in [-0.05, 0) is 31.9 Å². The molecule has 0 saturated heterocycles. The Balaban J connectivity index is 2.19. The number of H-pyrrole nitrogens is 1. The molecule has 1 amide bonds. The molecular weight excluding hydrogens is 242 g/mol. The van der Waals surface area contributed by atoms with Gasteiger partial charge in [-0.2, -0.15) is 15.4 Å². The molecule has 2 heterocycles. The Morgan fingerprint density at radius 3 is 2.79 bits per heavy atom. The highest BCUT2D eigenvalue weighted by Gasteiger charge is 2.19. The number of carbonyl (C=O) groups is 1. The maximum Gasteiger partial charge on any atom is 0.274 e. The van der Waals surface area contributed by atoms with Crippen molar-refractivity contribution in [2.45, 2.75) is 33.2 Å². The normalized spacial score (nSPS) is 12.2. The van der Waals surface area contributed by atoms with Crippen molar-refractivity contribution in [2.75, 3.05) is 0 Å². The van der Waals surface area contributed by atoms with E-state index in [1.165, 1.54) is 0 Å². The lowest BCUT2D eigenvalue weighted by molar-refractivity contribution is 0.0929. The number of amides is 1. The fraction of sp³-hybridized carbons (Fsp3) is 0.385. The Morgan fingerprint density at radius 1 is 1.42 bits per heavy atom. The zero-order valence-corrected chi connectivity index (χ0v) is 11.3. The minimum absolute atomic E-state index is 0.121. The number of carbonyl (C=O) groups excluding carboxylic acids is 1. The van der Waals surface area contributed by atoms with Crippen LogP contribution in [0.4, 0.5) is 0 Å². The molecule has 0 aromatic carbocycles. The average molecular weight is 259 g/mol. The van der Waals surface area contributed by atoms with E-state index in [1.807, 2.05) is 26.0 Å². The summed E-state index contributed by atoms with van der Waals surface area (Å²) in [4.78, 5) is 16.5. The van der Waals surface area contributed by atoms with Crippen molar-refractivity contribution >= 4 is 5.91 Å². The molecule has 0 fully saturated rings. The molecular formula is C13H17N5O. The number of aryl methyl sites for hydroxylation is 2. The topological polar surface area (TPSA) is 83.6 Å². The lowest BCUT2D eigenvalue weighted by Crippen LogP contribution is -2.30. The monoisotopic (exact) mass is 259 g/mol. The third-order valence-electron chi connectivity index (χ3n) is 3.03. The van der Waals surface area contributed by atoms with Gasteiger partial charge in [-0.25, -0.2) is 0 Å². The van der Waals surface area contributed by atoms with E-state index < -0.39 is 0 Å². The summed E-state index contributed by atoms with van der Waals surface area (Å²) in [6.07, 6.45) is 2.50. The second-order valence-electron chi connectivity index (χ2n) is 4.40. The van der Waals surface area contributed by atoms with Gasteiger partial charge in [-0.3, -0.25) is 9.78 Å². The molecule has 6 nitrogen and oxygen atoms in total. The molecule has 0 bridgehead atoms. The first-order valence-electron chi connectivity index (χ1n) is 6.23. The third-order valence-corrected chi connectivity index (χ3v) is 3.03. The molecule has 2 N–H and O–H groups in total. The number of aromatic nitrogens is 4. The number of hydrogen-bond donors (Lipinski definition) is 2. The summed E-state index contributed by atoms with van der Waals surface area (Å²) in [7, 11) is 0. The number of nitrogens with one attached hydrogen (secondary N) is 2. The standard InChI is InChI=1S/C13H17N5O/c1-4-10(11-8(2)6-5-7-14-11)15-13(19)12-9(3)16-18-17-12/h5-7,10H,4H2,1-3H3,(H,15,19)(H,16,17,18)/t10-/m0/s1. The van der Waals surface area contributed by atoms with Crippen molar-refractivity contribution in [3.05, 3.63) is 41.0 Å². The number of nitrogens with zero attached hydrogens (tertiary/aromatic N) is 3. The van der Waals surface area contributed by atoms with Gasteiger partial charge in [0.05, 0.1) is 17.4 Å². The van der Waals surface area contributed by atoms with Gasteiger partial charge in [-0.15, -0.1) is 0 Å². The van der Waals surface area contributed by atoms with E-state index in [1.54, 1.807) is 13.1 Å². The Hall–Kier alpha value is -2.24. The summed E-state index contributed by atoms with van der Waals surface area (Å²) in [6, 6.07) is 3.75. The highest BCUT2D eigenvalue weighted by molar-refractivity contribution is 5.93. The van der Waals surface area contributed by atoms with Gasteiger partial charge in [0.25, 0.3) is 5.91 Å². The van der Waals surface area contributed by atoms with Gasteiger partial charge in [0.2, 0.25) is 0 Å².